The van der Waals surface area contributed by atoms with Crippen LogP contribution < -0.4 is 0 Å². The molecule has 0 heterocycles. The second-order valence-electron chi connectivity index (χ2n) is 4.64. The van der Waals surface area contributed by atoms with E-state index >= 15 is 0 Å². The summed E-state index contributed by atoms with van der Waals surface area (Å²) in [5.74, 6) is -2.60. The van der Waals surface area contributed by atoms with Crippen molar-refractivity contribution in [3.05, 3.63) is 0 Å². The maximum Gasteiger partial charge on any atom is 0.248 e. The van der Waals surface area contributed by atoms with Gasteiger partial charge in [0.15, 0.2) is 0 Å². The van der Waals surface area contributed by atoms with Crippen LogP contribution in [0.2, 0.25) is 0 Å². The van der Waals surface area contributed by atoms with Crippen molar-refractivity contribution in [2.75, 3.05) is 32.7 Å². The summed E-state index contributed by atoms with van der Waals surface area (Å²) in [5, 5.41) is 0. The summed E-state index contributed by atoms with van der Waals surface area (Å²) in [7, 11) is 1.56. The summed E-state index contributed by atoms with van der Waals surface area (Å²) in [6.07, 6.45) is 0.139. The van der Waals surface area contributed by atoms with E-state index in [2.05, 4.69) is 0 Å². The molecule has 0 spiro atoms. The van der Waals surface area contributed by atoms with Gasteiger partial charge in [0.05, 0.1) is 6.61 Å². The highest BCUT2D eigenvalue weighted by molar-refractivity contribution is 6.18. The molecule has 0 N–H and O–H groups in total. The molecule has 0 aromatic carbocycles. The van der Waals surface area contributed by atoms with Crippen molar-refractivity contribution in [2.45, 2.75) is 31.6 Å². The molecule has 6 heteroatoms. The van der Waals surface area contributed by atoms with Crippen molar-refractivity contribution < 1.29 is 18.3 Å². The molecule has 0 saturated heterocycles. The second kappa shape index (κ2) is 7.24. The van der Waals surface area contributed by atoms with Gasteiger partial charge in [-0.25, -0.2) is 8.78 Å². The van der Waals surface area contributed by atoms with Crippen LogP contribution in [0.15, 0.2) is 0 Å². The topological polar surface area (TPSA) is 29.5 Å². The molecule has 0 aromatic rings. The predicted octanol–water partition coefficient (Wildman–Crippen LogP) is 2.53. The molecular weight excluding hydrogens is 264 g/mol. The summed E-state index contributed by atoms with van der Waals surface area (Å²) in [6.45, 7) is 1.34. The zero-order valence-electron chi connectivity index (χ0n) is 10.6. The summed E-state index contributed by atoms with van der Waals surface area (Å²) >= 11 is 5.65. The van der Waals surface area contributed by atoms with Crippen LogP contribution in [0.3, 0.4) is 0 Å². The van der Waals surface area contributed by atoms with Crippen LogP contribution in [0.1, 0.15) is 25.7 Å². The Morgan fingerprint density at radius 3 is 2.50 bits per heavy atom. The molecule has 1 aliphatic carbocycles. The number of ether oxygens (including phenoxy) is 1. The third-order valence-corrected chi connectivity index (χ3v) is 3.47. The first kappa shape index (κ1) is 15.6. The highest BCUT2D eigenvalue weighted by atomic mass is 35.5. The number of alkyl halides is 3. The summed E-state index contributed by atoms with van der Waals surface area (Å²) < 4.78 is 31.0. The number of rotatable bonds is 6. The van der Waals surface area contributed by atoms with E-state index in [0.717, 1.165) is 0 Å². The maximum atomic E-state index is 13.0. The lowest BCUT2D eigenvalue weighted by Gasteiger charge is -2.31. The highest BCUT2D eigenvalue weighted by Crippen LogP contribution is 2.36. The van der Waals surface area contributed by atoms with Crippen molar-refractivity contribution in [1.82, 2.24) is 4.90 Å². The van der Waals surface area contributed by atoms with Crippen LogP contribution in [-0.4, -0.2) is 49.4 Å². The van der Waals surface area contributed by atoms with Crippen molar-refractivity contribution in [3.63, 3.8) is 0 Å². The van der Waals surface area contributed by atoms with Gasteiger partial charge in [-0.05, 0) is 12.8 Å². The predicted molar refractivity (Wildman–Crippen MR) is 66.1 cm³/mol. The molecule has 1 rings (SSSR count). The fourth-order valence-corrected chi connectivity index (χ4v) is 2.39. The molecule has 0 radical (unpaired) electrons. The average molecular weight is 284 g/mol. The lowest BCUT2D eigenvalue weighted by Crippen LogP contribution is -2.41. The number of hydrogen-bond donors (Lipinski definition) is 0. The Morgan fingerprint density at radius 1 is 1.39 bits per heavy atom. The molecule has 0 aliphatic heterocycles. The molecule has 18 heavy (non-hydrogen) atoms. The van der Waals surface area contributed by atoms with Crippen LogP contribution in [-0.2, 0) is 9.53 Å². The Balaban J connectivity index is 2.50. The molecule has 1 fully saturated rings. The van der Waals surface area contributed by atoms with Gasteiger partial charge in [-0.1, -0.05) is 0 Å². The molecular formula is C12H20ClF2NO2. The van der Waals surface area contributed by atoms with E-state index in [9.17, 15) is 13.6 Å². The largest absolute Gasteiger partial charge is 0.383 e. The van der Waals surface area contributed by atoms with E-state index in [0.29, 0.717) is 25.6 Å². The minimum absolute atomic E-state index is 0.0665. The fourth-order valence-electron chi connectivity index (χ4n) is 2.18. The molecule has 0 aromatic heterocycles. The number of nitrogens with zero attached hydrogens (tertiary/aromatic N) is 1. The monoisotopic (exact) mass is 283 g/mol. The Kier molecular flexibility index (Phi) is 6.29. The van der Waals surface area contributed by atoms with E-state index in [1.807, 2.05) is 0 Å². The van der Waals surface area contributed by atoms with E-state index < -0.39 is 5.92 Å². The van der Waals surface area contributed by atoms with Crippen molar-refractivity contribution >= 4 is 17.5 Å². The Labute approximate surface area is 111 Å². The molecule has 0 atom stereocenters. The van der Waals surface area contributed by atoms with Crippen molar-refractivity contribution in [1.29, 1.82) is 0 Å². The van der Waals surface area contributed by atoms with Gasteiger partial charge in [-0.15, -0.1) is 11.6 Å². The first-order chi connectivity index (χ1) is 8.50. The number of halogens is 3. The first-order valence-electron chi connectivity index (χ1n) is 6.21. The van der Waals surface area contributed by atoms with Gasteiger partial charge in [0.1, 0.15) is 0 Å². The second-order valence-corrected chi connectivity index (χ2v) is 5.02. The van der Waals surface area contributed by atoms with Gasteiger partial charge in [0.25, 0.3) is 0 Å². The standard InChI is InChI=1S/C12H20ClF2NO2/c1-18-9-8-16(7-6-13)11(17)10-2-4-12(14,15)5-3-10/h10H,2-9H2,1H3. The lowest BCUT2D eigenvalue weighted by atomic mass is 9.86. The number of amides is 1. The smallest absolute Gasteiger partial charge is 0.248 e. The Hall–Kier alpha value is -0.420. The van der Waals surface area contributed by atoms with E-state index in [4.69, 9.17) is 16.3 Å². The van der Waals surface area contributed by atoms with Crippen LogP contribution in [0.25, 0.3) is 0 Å². The Morgan fingerprint density at radius 2 is 2.00 bits per heavy atom. The fraction of sp³-hybridized carbons (Fsp3) is 0.917. The highest BCUT2D eigenvalue weighted by Gasteiger charge is 2.38. The quantitative estimate of drug-likeness (QED) is 0.701. The average Bonchev–Trinajstić information content (AvgIpc) is 2.33. The van der Waals surface area contributed by atoms with Gasteiger partial charge in [0, 0.05) is 44.8 Å². The van der Waals surface area contributed by atoms with Crippen LogP contribution in [0.4, 0.5) is 8.78 Å². The summed E-state index contributed by atoms with van der Waals surface area (Å²) in [6, 6.07) is 0. The molecule has 1 aliphatic rings. The number of carbonyl (C=O) groups is 1. The van der Waals surface area contributed by atoms with Gasteiger partial charge >= 0.3 is 0 Å². The normalized spacial score (nSPS) is 19.8. The van der Waals surface area contributed by atoms with E-state index in [1.54, 1.807) is 12.0 Å². The number of carbonyl (C=O) groups excluding carboxylic acids is 1. The van der Waals surface area contributed by atoms with Crippen molar-refractivity contribution in [3.8, 4) is 0 Å². The Bertz CT molecular complexity index is 267. The third-order valence-electron chi connectivity index (χ3n) is 3.30. The molecule has 1 saturated carbocycles. The number of hydrogen-bond acceptors (Lipinski definition) is 2. The maximum absolute atomic E-state index is 13.0. The summed E-state index contributed by atoms with van der Waals surface area (Å²) in [5.41, 5.74) is 0. The van der Waals surface area contributed by atoms with Gasteiger partial charge in [-0.3, -0.25) is 4.79 Å². The molecule has 3 nitrogen and oxygen atoms in total. The van der Waals surface area contributed by atoms with Crippen molar-refractivity contribution in [2.24, 2.45) is 5.92 Å². The zero-order valence-corrected chi connectivity index (χ0v) is 11.4. The first-order valence-corrected chi connectivity index (χ1v) is 6.75. The minimum Gasteiger partial charge on any atom is -0.383 e. The summed E-state index contributed by atoms with van der Waals surface area (Å²) in [4.78, 5) is 13.8. The number of methoxy groups -OCH3 is 1. The van der Waals surface area contributed by atoms with Crippen LogP contribution in [0, 0.1) is 5.92 Å². The SMILES string of the molecule is COCCN(CCCl)C(=O)C1CCC(F)(F)CC1. The van der Waals surface area contributed by atoms with E-state index in [-0.39, 0.29) is 37.5 Å². The third kappa shape index (κ3) is 4.69. The van der Waals surface area contributed by atoms with Crippen LogP contribution >= 0.6 is 11.6 Å². The van der Waals surface area contributed by atoms with Gasteiger partial charge in [-0.2, -0.15) is 0 Å². The molecule has 1 amide bonds. The lowest BCUT2D eigenvalue weighted by molar-refractivity contribution is -0.140. The van der Waals surface area contributed by atoms with Crippen LogP contribution in [0.5, 0.6) is 0 Å². The van der Waals surface area contributed by atoms with E-state index in [1.165, 1.54) is 0 Å². The molecule has 106 valence electrons. The minimum atomic E-state index is -2.60. The van der Waals surface area contributed by atoms with Gasteiger partial charge < -0.3 is 9.64 Å². The molecule has 0 bridgehead atoms. The van der Waals surface area contributed by atoms with Gasteiger partial charge in [0.2, 0.25) is 11.8 Å². The molecule has 0 unspecified atom stereocenters. The zero-order chi connectivity index (χ0) is 13.6.